The van der Waals surface area contributed by atoms with Crippen LogP contribution >= 0.6 is 11.8 Å². The molecule has 0 saturated carbocycles. The van der Waals surface area contributed by atoms with Gasteiger partial charge in [-0.25, -0.2) is 4.79 Å². The minimum Gasteiger partial charge on any atom is -0.550 e. The smallest absolute Gasteiger partial charge is 0.419 e. The SMILES string of the molecule is CC(=O)[O-].CSCC[C@H]([NH3+])C(=O)N[C@@H](Cc1ccc(O)c(C(F)(F)F)c1)C(=O)O. The predicted octanol–water partition coefficient (Wildman–Crippen LogP) is -0.357. The van der Waals surface area contributed by atoms with E-state index in [9.17, 15) is 33.0 Å². The van der Waals surface area contributed by atoms with E-state index in [0.717, 1.165) is 13.0 Å². The van der Waals surface area contributed by atoms with Gasteiger partial charge in [0.15, 0.2) is 6.04 Å². The number of rotatable bonds is 8. The second-order valence-electron chi connectivity index (χ2n) is 5.92. The Kier molecular flexibility index (Phi) is 11.1. The third kappa shape index (κ3) is 10.6. The Bertz CT molecular complexity index is 711. The molecular weight excluding hydrogens is 417 g/mol. The third-order valence-electron chi connectivity index (χ3n) is 3.46. The van der Waals surface area contributed by atoms with Crippen molar-refractivity contribution in [2.75, 3.05) is 12.0 Å². The number of amides is 1. The number of aliphatic carboxylic acids is 2. The lowest BCUT2D eigenvalue weighted by Crippen LogP contribution is -2.68. The van der Waals surface area contributed by atoms with E-state index in [1.165, 1.54) is 17.8 Å². The Morgan fingerprint density at radius 3 is 2.31 bits per heavy atom. The van der Waals surface area contributed by atoms with Gasteiger partial charge in [-0.3, -0.25) is 4.79 Å². The number of carboxylic acids is 2. The first kappa shape index (κ1) is 26.5. The van der Waals surface area contributed by atoms with Gasteiger partial charge in [0, 0.05) is 18.8 Å². The maximum atomic E-state index is 12.8. The lowest BCUT2D eigenvalue weighted by molar-refractivity contribution is -0.404. The summed E-state index contributed by atoms with van der Waals surface area (Å²) in [7, 11) is 0. The highest BCUT2D eigenvalue weighted by Crippen LogP contribution is 2.36. The van der Waals surface area contributed by atoms with Crippen molar-refractivity contribution >= 4 is 29.6 Å². The molecule has 0 unspecified atom stereocenters. The molecule has 0 aliphatic rings. The molecule has 12 heteroatoms. The number of alkyl halides is 3. The van der Waals surface area contributed by atoms with Gasteiger partial charge in [-0.05, 0) is 36.6 Å². The van der Waals surface area contributed by atoms with Crippen LogP contribution in [0.2, 0.25) is 0 Å². The van der Waals surface area contributed by atoms with Crippen LogP contribution in [0.3, 0.4) is 0 Å². The third-order valence-corrected chi connectivity index (χ3v) is 4.11. The van der Waals surface area contributed by atoms with Gasteiger partial charge in [0.05, 0.1) is 5.56 Å². The quantitative estimate of drug-likeness (QED) is 0.430. The molecule has 0 aliphatic heterocycles. The van der Waals surface area contributed by atoms with Crippen molar-refractivity contribution in [3.05, 3.63) is 29.3 Å². The molecule has 0 bridgehead atoms. The van der Waals surface area contributed by atoms with E-state index < -0.39 is 47.4 Å². The number of phenolic OH excluding ortho intramolecular Hbond substituents is 1. The van der Waals surface area contributed by atoms with Crippen LogP contribution in [0.5, 0.6) is 5.75 Å². The van der Waals surface area contributed by atoms with Crippen molar-refractivity contribution in [3.63, 3.8) is 0 Å². The zero-order valence-electron chi connectivity index (χ0n) is 15.8. The molecule has 0 radical (unpaired) electrons. The summed E-state index contributed by atoms with van der Waals surface area (Å²) in [6.45, 7) is 0.972. The second kappa shape index (κ2) is 12.2. The number of carboxylic acid groups (broad SMARTS) is 2. The molecule has 1 aromatic carbocycles. The normalized spacial score (nSPS) is 12.9. The molecule has 1 rings (SSSR count). The van der Waals surface area contributed by atoms with Crippen LogP contribution in [0.1, 0.15) is 24.5 Å². The highest BCUT2D eigenvalue weighted by Gasteiger charge is 2.34. The molecule has 8 nitrogen and oxygen atoms in total. The van der Waals surface area contributed by atoms with Gasteiger partial charge in [0.1, 0.15) is 11.8 Å². The number of halogens is 3. The average molecular weight is 440 g/mol. The number of aromatic hydroxyl groups is 1. The van der Waals surface area contributed by atoms with Crippen molar-refractivity contribution < 1.29 is 48.6 Å². The molecular formula is C17H23F3N2O6S. The van der Waals surface area contributed by atoms with Crippen LogP contribution in [0, 0.1) is 0 Å². The minimum atomic E-state index is -4.77. The first-order valence-electron chi connectivity index (χ1n) is 8.21. The predicted molar refractivity (Wildman–Crippen MR) is 96.7 cm³/mol. The number of thioether (sulfide) groups is 1. The van der Waals surface area contributed by atoms with Gasteiger partial charge in [0.2, 0.25) is 0 Å². The van der Waals surface area contributed by atoms with E-state index in [-0.39, 0.29) is 12.0 Å². The molecule has 29 heavy (non-hydrogen) atoms. The van der Waals surface area contributed by atoms with Crippen LogP contribution in [-0.4, -0.2) is 52.2 Å². The van der Waals surface area contributed by atoms with Gasteiger partial charge >= 0.3 is 12.1 Å². The zero-order chi connectivity index (χ0) is 22.8. The Morgan fingerprint density at radius 2 is 1.86 bits per heavy atom. The zero-order valence-corrected chi connectivity index (χ0v) is 16.6. The first-order chi connectivity index (χ1) is 13.3. The molecule has 6 N–H and O–H groups in total. The van der Waals surface area contributed by atoms with Crippen LogP contribution < -0.4 is 16.2 Å². The number of hydrogen-bond acceptors (Lipinski definition) is 6. The summed E-state index contributed by atoms with van der Waals surface area (Å²) in [5, 5.41) is 29.7. The Hall–Kier alpha value is -2.47. The van der Waals surface area contributed by atoms with Crippen molar-refractivity contribution in [3.8, 4) is 5.75 Å². The van der Waals surface area contributed by atoms with Crippen molar-refractivity contribution in [2.45, 2.75) is 38.0 Å². The summed E-state index contributed by atoms with van der Waals surface area (Å²) in [6, 6.07) is 0.660. The van der Waals surface area contributed by atoms with Gasteiger partial charge in [0.25, 0.3) is 5.91 Å². The monoisotopic (exact) mass is 440 g/mol. The second-order valence-corrected chi connectivity index (χ2v) is 6.91. The van der Waals surface area contributed by atoms with Crippen molar-refractivity contribution in [1.82, 2.24) is 5.32 Å². The summed E-state index contributed by atoms with van der Waals surface area (Å²) in [6.07, 6.45) is -2.80. The van der Waals surface area contributed by atoms with E-state index in [0.29, 0.717) is 18.2 Å². The summed E-state index contributed by atoms with van der Waals surface area (Å²) >= 11 is 1.51. The highest BCUT2D eigenvalue weighted by atomic mass is 32.2. The molecule has 0 aromatic heterocycles. The maximum absolute atomic E-state index is 12.8. The average Bonchev–Trinajstić information content (AvgIpc) is 2.58. The highest BCUT2D eigenvalue weighted by molar-refractivity contribution is 7.98. The minimum absolute atomic E-state index is 0.0301. The fraction of sp³-hybridized carbons (Fsp3) is 0.471. The Morgan fingerprint density at radius 1 is 1.31 bits per heavy atom. The fourth-order valence-corrected chi connectivity index (χ4v) is 2.57. The summed E-state index contributed by atoms with van der Waals surface area (Å²) in [5.74, 6) is -3.29. The number of hydrogen-bond donors (Lipinski definition) is 4. The molecule has 0 saturated heterocycles. The van der Waals surface area contributed by atoms with Gasteiger partial charge in [-0.2, -0.15) is 24.9 Å². The molecule has 1 amide bonds. The largest absolute Gasteiger partial charge is 0.550 e. The summed E-state index contributed by atoms with van der Waals surface area (Å²) in [5.41, 5.74) is 2.43. The van der Waals surface area contributed by atoms with E-state index in [4.69, 9.17) is 9.90 Å². The molecule has 1 aromatic rings. The van der Waals surface area contributed by atoms with Crippen molar-refractivity contribution in [1.29, 1.82) is 0 Å². The lowest BCUT2D eigenvalue weighted by Gasteiger charge is -2.17. The number of quaternary nitrogens is 1. The summed E-state index contributed by atoms with van der Waals surface area (Å²) in [4.78, 5) is 32.2. The van der Waals surface area contributed by atoms with Crippen molar-refractivity contribution in [2.24, 2.45) is 0 Å². The van der Waals surface area contributed by atoms with Gasteiger partial charge in [-0.1, -0.05) is 6.07 Å². The Balaban J connectivity index is 0.00000178. The van der Waals surface area contributed by atoms with E-state index >= 15 is 0 Å². The molecule has 0 aliphatic carbocycles. The van der Waals surface area contributed by atoms with Crippen LogP contribution in [0.15, 0.2) is 18.2 Å². The van der Waals surface area contributed by atoms with Crippen LogP contribution in [-0.2, 0) is 27.0 Å². The van der Waals surface area contributed by atoms with Crippen LogP contribution in [0.25, 0.3) is 0 Å². The Labute approximate surface area is 169 Å². The number of phenols is 1. The maximum Gasteiger partial charge on any atom is 0.419 e. The lowest BCUT2D eigenvalue weighted by atomic mass is 10.0. The molecule has 2 atom stereocenters. The fourth-order valence-electron chi connectivity index (χ4n) is 2.05. The molecule has 0 spiro atoms. The van der Waals surface area contributed by atoms with Gasteiger partial charge < -0.3 is 31.2 Å². The standard InChI is InChI=1S/C15H19F3N2O4S.C2H4O2/c1-25-5-4-10(19)13(22)20-11(14(23)24)7-8-2-3-12(21)9(6-8)15(16,17)18;1-2(3)4/h2-3,6,10-11,21H,4-5,7,19H2,1H3,(H,20,22)(H,23,24);1H3,(H,3,4)/t10-,11-;/m0./s1. The van der Waals surface area contributed by atoms with E-state index in [1.807, 2.05) is 6.26 Å². The topological polar surface area (TPSA) is 154 Å². The van der Waals surface area contributed by atoms with Gasteiger partial charge in [-0.15, -0.1) is 0 Å². The number of carbonyl (C=O) groups is 3. The first-order valence-corrected chi connectivity index (χ1v) is 9.60. The number of nitrogens with one attached hydrogen (secondary N) is 1. The van der Waals surface area contributed by atoms with E-state index in [1.54, 1.807) is 0 Å². The summed E-state index contributed by atoms with van der Waals surface area (Å²) < 4.78 is 38.4. The van der Waals surface area contributed by atoms with E-state index in [2.05, 4.69) is 11.1 Å². The molecule has 0 heterocycles. The number of benzene rings is 1. The van der Waals surface area contributed by atoms with Crippen LogP contribution in [0.4, 0.5) is 13.2 Å². The number of carbonyl (C=O) groups excluding carboxylic acids is 2. The molecule has 0 fully saturated rings. The molecule has 164 valence electrons.